The second-order valence-electron chi connectivity index (χ2n) is 8.67. The number of ether oxygens (including phenoxy) is 1. The molecule has 3 heterocycles. The number of amides is 1. The van der Waals surface area contributed by atoms with Crippen molar-refractivity contribution >= 4 is 28.7 Å². The van der Waals surface area contributed by atoms with Gasteiger partial charge in [-0.1, -0.05) is 23.7 Å². The molecule has 0 bridgehead atoms. The molecule has 5 rings (SSSR count). The average Bonchev–Trinajstić information content (AvgIpc) is 3.38. The molecule has 1 aromatic carbocycles. The van der Waals surface area contributed by atoms with E-state index in [0.29, 0.717) is 45.6 Å². The lowest BCUT2D eigenvalue weighted by molar-refractivity contribution is -0.117. The van der Waals surface area contributed by atoms with Gasteiger partial charge in [0.25, 0.3) is 0 Å². The first-order chi connectivity index (χ1) is 15.8. The Hall–Kier alpha value is -3.52. The quantitative estimate of drug-likeness (QED) is 0.446. The maximum absolute atomic E-state index is 11.5. The van der Waals surface area contributed by atoms with Gasteiger partial charge < -0.3 is 15.0 Å². The van der Waals surface area contributed by atoms with Gasteiger partial charge in [0.05, 0.1) is 23.7 Å². The lowest BCUT2D eigenvalue weighted by atomic mass is 10.1. The zero-order valence-corrected chi connectivity index (χ0v) is 19.1. The molecular weight excluding hydrogens is 440 g/mol. The van der Waals surface area contributed by atoms with Crippen LogP contribution in [0.25, 0.3) is 22.6 Å². The molecule has 0 aliphatic heterocycles. The number of hydrogen-bond donors (Lipinski definition) is 1. The monoisotopic (exact) mass is 462 g/mol. The fraction of sp³-hybridized carbons (Fsp3) is 0.292. The summed E-state index contributed by atoms with van der Waals surface area (Å²) in [6, 6.07) is 9.45. The van der Waals surface area contributed by atoms with Crippen molar-refractivity contribution in [3.8, 4) is 17.3 Å². The minimum absolute atomic E-state index is 0.0405. The normalized spacial score (nSPS) is 14.4. The minimum Gasteiger partial charge on any atom is -0.470 e. The Morgan fingerprint density at radius 2 is 2.06 bits per heavy atom. The molecule has 1 amide bonds. The van der Waals surface area contributed by atoms with Gasteiger partial charge in [-0.3, -0.25) is 9.78 Å². The maximum atomic E-state index is 11.5. The molecule has 0 atom stereocenters. The van der Waals surface area contributed by atoms with Crippen LogP contribution in [0.4, 0.5) is 0 Å². The molecule has 1 fully saturated rings. The molecule has 4 aromatic rings. The first kappa shape index (κ1) is 21.3. The number of rotatable bonds is 7. The van der Waals surface area contributed by atoms with E-state index < -0.39 is 5.91 Å². The third kappa shape index (κ3) is 4.26. The fourth-order valence-corrected chi connectivity index (χ4v) is 4.06. The van der Waals surface area contributed by atoms with E-state index in [2.05, 4.69) is 21.9 Å². The van der Waals surface area contributed by atoms with Gasteiger partial charge in [-0.05, 0) is 56.0 Å². The standard InChI is InChI=1S/C24H23ClN6O2/c1-14-6-9-27-16(10-14)12-31-21(17-5-3-4-15(19(17)25)11-18(26)32)30-20-22(31)28-13-29-23(20)33-24(2)7-8-24/h3-6,9-10,13H,7-8,11-12H2,1-2H3,(H2,26,32). The molecule has 0 spiro atoms. The van der Waals surface area contributed by atoms with Gasteiger partial charge in [0.1, 0.15) is 17.8 Å². The number of aryl methyl sites for hydroxylation is 1. The molecule has 2 N–H and O–H groups in total. The number of hydrogen-bond acceptors (Lipinski definition) is 6. The van der Waals surface area contributed by atoms with Gasteiger partial charge in [0.2, 0.25) is 11.8 Å². The van der Waals surface area contributed by atoms with Crippen molar-refractivity contribution in [3.63, 3.8) is 0 Å². The molecular formula is C24H23ClN6O2. The second-order valence-corrected chi connectivity index (χ2v) is 9.05. The van der Waals surface area contributed by atoms with Crippen molar-refractivity contribution < 1.29 is 9.53 Å². The van der Waals surface area contributed by atoms with Crippen LogP contribution in [0.1, 0.15) is 36.6 Å². The number of nitrogens with two attached hydrogens (primary N) is 1. The second kappa shape index (κ2) is 8.12. The summed E-state index contributed by atoms with van der Waals surface area (Å²) in [7, 11) is 0. The summed E-state index contributed by atoms with van der Waals surface area (Å²) < 4.78 is 8.12. The van der Waals surface area contributed by atoms with Crippen LogP contribution in [0.15, 0.2) is 42.9 Å². The summed E-state index contributed by atoms with van der Waals surface area (Å²) in [6.07, 6.45) is 5.25. The molecule has 0 unspecified atom stereocenters. The number of nitrogens with zero attached hydrogens (tertiary/aromatic N) is 5. The predicted molar refractivity (Wildman–Crippen MR) is 125 cm³/mol. The summed E-state index contributed by atoms with van der Waals surface area (Å²) in [5, 5.41) is 0.426. The number of imidazole rings is 1. The van der Waals surface area contributed by atoms with Crippen LogP contribution in [0, 0.1) is 6.92 Å². The smallest absolute Gasteiger partial charge is 0.245 e. The van der Waals surface area contributed by atoms with E-state index >= 15 is 0 Å². The lowest BCUT2D eigenvalue weighted by Gasteiger charge is -2.12. The van der Waals surface area contributed by atoms with E-state index in [1.165, 1.54) is 6.33 Å². The van der Waals surface area contributed by atoms with Gasteiger partial charge in [-0.15, -0.1) is 0 Å². The number of benzene rings is 1. The molecule has 0 radical (unpaired) electrons. The minimum atomic E-state index is -0.453. The summed E-state index contributed by atoms with van der Waals surface area (Å²) in [4.78, 5) is 29.8. The number of carbonyl (C=O) groups is 1. The summed E-state index contributed by atoms with van der Waals surface area (Å²) in [6.45, 7) is 4.50. The number of primary amides is 1. The van der Waals surface area contributed by atoms with E-state index in [0.717, 1.165) is 24.1 Å². The number of fused-ring (bicyclic) bond motifs is 1. The topological polar surface area (TPSA) is 109 Å². The molecule has 1 saturated carbocycles. The van der Waals surface area contributed by atoms with E-state index in [-0.39, 0.29) is 12.0 Å². The first-order valence-electron chi connectivity index (χ1n) is 10.7. The number of halogens is 1. The number of carbonyl (C=O) groups excluding carboxylic acids is 1. The van der Waals surface area contributed by atoms with Crippen molar-refractivity contribution in [3.05, 3.63) is 64.7 Å². The molecule has 1 aliphatic carbocycles. The largest absolute Gasteiger partial charge is 0.470 e. The van der Waals surface area contributed by atoms with Gasteiger partial charge in [-0.2, -0.15) is 4.98 Å². The molecule has 0 saturated heterocycles. The van der Waals surface area contributed by atoms with Crippen molar-refractivity contribution in [2.45, 2.75) is 45.3 Å². The van der Waals surface area contributed by atoms with Gasteiger partial charge in [0.15, 0.2) is 11.2 Å². The molecule has 168 valence electrons. The molecule has 1 aliphatic rings. The van der Waals surface area contributed by atoms with Gasteiger partial charge >= 0.3 is 0 Å². The summed E-state index contributed by atoms with van der Waals surface area (Å²) in [5.41, 5.74) is 9.65. The molecule has 9 heteroatoms. The van der Waals surface area contributed by atoms with Crippen LogP contribution in [-0.2, 0) is 17.8 Å². The highest BCUT2D eigenvalue weighted by atomic mass is 35.5. The van der Waals surface area contributed by atoms with E-state index in [1.807, 2.05) is 35.8 Å². The Balaban J connectivity index is 1.70. The molecule has 3 aromatic heterocycles. The van der Waals surface area contributed by atoms with Crippen LogP contribution in [0.3, 0.4) is 0 Å². The van der Waals surface area contributed by atoms with Crippen LogP contribution in [-0.4, -0.2) is 36.0 Å². The van der Waals surface area contributed by atoms with Crippen molar-refractivity contribution in [1.29, 1.82) is 0 Å². The number of pyridine rings is 1. The summed E-state index contributed by atoms with van der Waals surface area (Å²) >= 11 is 6.73. The van der Waals surface area contributed by atoms with Crippen molar-refractivity contribution in [2.75, 3.05) is 0 Å². The van der Waals surface area contributed by atoms with Crippen molar-refractivity contribution in [1.82, 2.24) is 24.5 Å². The molecule has 33 heavy (non-hydrogen) atoms. The predicted octanol–water partition coefficient (Wildman–Crippen LogP) is 3.86. The zero-order chi connectivity index (χ0) is 23.2. The van der Waals surface area contributed by atoms with Gasteiger partial charge in [0, 0.05) is 11.8 Å². The SMILES string of the molecule is Cc1ccnc(Cn2c(-c3cccc(CC(N)=O)c3Cl)nc3c(OC4(C)CC4)ncnc32)c1. The first-order valence-corrected chi connectivity index (χ1v) is 11.1. The highest BCUT2D eigenvalue weighted by Crippen LogP contribution is 2.41. The van der Waals surface area contributed by atoms with Crippen LogP contribution < -0.4 is 10.5 Å². The Labute approximate surface area is 195 Å². The van der Waals surface area contributed by atoms with Crippen LogP contribution in [0.5, 0.6) is 5.88 Å². The van der Waals surface area contributed by atoms with Crippen molar-refractivity contribution in [2.24, 2.45) is 5.73 Å². The summed E-state index contributed by atoms with van der Waals surface area (Å²) in [5.74, 6) is 0.586. The Morgan fingerprint density at radius 1 is 1.24 bits per heavy atom. The molecule has 8 nitrogen and oxygen atoms in total. The number of aromatic nitrogens is 5. The van der Waals surface area contributed by atoms with E-state index in [4.69, 9.17) is 27.1 Å². The highest BCUT2D eigenvalue weighted by molar-refractivity contribution is 6.34. The lowest BCUT2D eigenvalue weighted by Crippen LogP contribution is -2.14. The fourth-order valence-electron chi connectivity index (χ4n) is 3.78. The van der Waals surface area contributed by atoms with E-state index in [9.17, 15) is 4.79 Å². The third-order valence-electron chi connectivity index (χ3n) is 5.77. The highest BCUT2D eigenvalue weighted by Gasteiger charge is 2.41. The van der Waals surface area contributed by atoms with Crippen LogP contribution in [0.2, 0.25) is 5.02 Å². The Bertz CT molecular complexity index is 1380. The van der Waals surface area contributed by atoms with E-state index in [1.54, 1.807) is 12.3 Å². The van der Waals surface area contributed by atoms with Gasteiger partial charge in [-0.25, -0.2) is 9.97 Å². The third-order valence-corrected chi connectivity index (χ3v) is 6.22. The maximum Gasteiger partial charge on any atom is 0.245 e. The Kier molecular flexibility index (Phi) is 5.25. The zero-order valence-electron chi connectivity index (χ0n) is 18.4. The average molecular weight is 463 g/mol. The Morgan fingerprint density at radius 3 is 2.79 bits per heavy atom. The van der Waals surface area contributed by atoms with Crippen LogP contribution >= 0.6 is 11.6 Å².